The summed E-state index contributed by atoms with van der Waals surface area (Å²) in [6.07, 6.45) is 3.65. The van der Waals surface area contributed by atoms with Crippen LogP contribution in [0.1, 0.15) is 31.2 Å². The van der Waals surface area contributed by atoms with Gasteiger partial charge in [-0.25, -0.2) is 4.98 Å². The smallest absolute Gasteiger partial charge is 0.212 e. The quantitative estimate of drug-likeness (QED) is 0.772. The van der Waals surface area contributed by atoms with E-state index in [0.717, 1.165) is 30.0 Å². The number of nitrogens with one attached hydrogen (secondary N) is 1. The van der Waals surface area contributed by atoms with Crippen LogP contribution in [0.15, 0.2) is 28.7 Å². The molecule has 1 aliphatic heterocycles. The Morgan fingerprint density at radius 3 is 3.00 bits per heavy atom. The van der Waals surface area contributed by atoms with Crippen LogP contribution >= 0.6 is 0 Å². The summed E-state index contributed by atoms with van der Waals surface area (Å²) in [7, 11) is 0. The van der Waals surface area contributed by atoms with Crippen molar-refractivity contribution in [3.8, 4) is 0 Å². The molecular formula is C12H14N2O. The summed E-state index contributed by atoms with van der Waals surface area (Å²) in [5.41, 5.74) is 1.85. The number of hydrogen-bond acceptors (Lipinski definition) is 3. The average molecular weight is 202 g/mol. The van der Waals surface area contributed by atoms with Gasteiger partial charge in [-0.1, -0.05) is 18.6 Å². The third kappa shape index (κ3) is 1.63. The molecule has 1 N–H and O–H groups in total. The maximum absolute atomic E-state index is 5.73. The molecule has 2 heterocycles. The highest BCUT2D eigenvalue weighted by Crippen LogP contribution is 2.25. The Balaban J connectivity index is 1.96. The zero-order valence-corrected chi connectivity index (χ0v) is 8.57. The molecule has 1 fully saturated rings. The van der Waals surface area contributed by atoms with Crippen molar-refractivity contribution in [1.29, 1.82) is 0 Å². The molecule has 3 heteroatoms. The van der Waals surface area contributed by atoms with Gasteiger partial charge in [-0.2, -0.15) is 0 Å². The molecule has 1 saturated heterocycles. The van der Waals surface area contributed by atoms with Crippen LogP contribution in [0.25, 0.3) is 11.1 Å². The lowest BCUT2D eigenvalue weighted by Gasteiger charge is -2.19. The Morgan fingerprint density at radius 1 is 1.27 bits per heavy atom. The normalized spacial score (nSPS) is 22.0. The molecule has 1 aromatic carbocycles. The van der Waals surface area contributed by atoms with Gasteiger partial charge in [-0.05, 0) is 31.5 Å². The van der Waals surface area contributed by atoms with Gasteiger partial charge in [-0.3, -0.25) is 0 Å². The molecule has 2 aromatic rings. The van der Waals surface area contributed by atoms with Crippen molar-refractivity contribution in [3.05, 3.63) is 30.2 Å². The summed E-state index contributed by atoms with van der Waals surface area (Å²) in [6, 6.07) is 8.24. The Labute approximate surface area is 88.5 Å². The van der Waals surface area contributed by atoms with E-state index in [0.29, 0.717) is 6.04 Å². The average Bonchev–Trinajstić information content (AvgIpc) is 2.74. The van der Waals surface area contributed by atoms with Gasteiger partial charge in [0, 0.05) is 0 Å². The summed E-state index contributed by atoms with van der Waals surface area (Å²) in [5, 5.41) is 3.44. The highest BCUT2D eigenvalue weighted by molar-refractivity contribution is 5.72. The molecule has 0 radical (unpaired) electrons. The lowest BCUT2D eigenvalue weighted by Crippen LogP contribution is -2.26. The van der Waals surface area contributed by atoms with Crippen LogP contribution in [0, 0.1) is 0 Å². The van der Waals surface area contributed by atoms with Crippen LogP contribution in [0.3, 0.4) is 0 Å². The number of aromatic nitrogens is 1. The fourth-order valence-electron chi connectivity index (χ4n) is 2.10. The second kappa shape index (κ2) is 3.66. The molecule has 0 saturated carbocycles. The van der Waals surface area contributed by atoms with E-state index < -0.39 is 0 Å². The fourth-order valence-corrected chi connectivity index (χ4v) is 2.10. The van der Waals surface area contributed by atoms with E-state index in [4.69, 9.17) is 4.42 Å². The Kier molecular flexibility index (Phi) is 2.18. The van der Waals surface area contributed by atoms with Gasteiger partial charge < -0.3 is 9.73 Å². The zero-order chi connectivity index (χ0) is 10.1. The highest BCUT2D eigenvalue weighted by atomic mass is 16.3. The van der Waals surface area contributed by atoms with Crippen LogP contribution in [0.4, 0.5) is 0 Å². The molecule has 1 aliphatic rings. The summed E-state index contributed by atoms with van der Waals surface area (Å²) < 4.78 is 5.73. The molecule has 0 spiro atoms. The minimum Gasteiger partial charge on any atom is -0.439 e. The highest BCUT2D eigenvalue weighted by Gasteiger charge is 2.19. The van der Waals surface area contributed by atoms with Crippen LogP contribution < -0.4 is 5.32 Å². The van der Waals surface area contributed by atoms with E-state index >= 15 is 0 Å². The van der Waals surface area contributed by atoms with Crippen LogP contribution in [0.5, 0.6) is 0 Å². The maximum atomic E-state index is 5.73. The van der Waals surface area contributed by atoms with E-state index in [1.54, 1.807) is 0 Å². The maximum Gasteiger partial charge on any atom is 0.212 e. The number of nitrogens with zero attached hydrogens (tertiary/aromatic N) is 1. The summed E-state index contributed by atoms with van der Waals surface area (Å²) in [5.74, 6) is 0.843. The minimum atomic E-state index is 0.311. The van der Waals surface area contributed by atoms with Crippen LogP contribution in [-0.4, -0.2) is 11.5 Å². The van der Waals surface area contributed by atoms with Gasteiger partial charge in [-0.15, -0.1) is 0 Å². The molecule has 3 rings (SSSR count). The van der Waals surface area contributed by atoms with Gasteiger partial charge in [0.15, 0.2) is 5.58 Å². The second-order valence-corrected chi connectivity index (χ2v) is 4.02. The van der Waals surface area contributed by atoms with Crippen molar-refractivity contribution < 1.29 is 4.42 Å². The first-order valence-electron chi connectivity index (χ1n) is 5.52. The number of benzene rings is 1. The standard InChI is InChI=1S/C12H14N2O/c1-2-7-11-9(5-1)14-12(15-11)10-6-3-4-8-13-10/h1-2,5,7,10,13H,3-4,6,8H2/t10-/m1/s1. The predicted molar refractivity (Wildman–Crippen MR) is 58.6 cm³/mol. The number of hydrogen-bond donors (Lipinski definition) is 1. The minimum absolute atomic E-state index is 0.311. The Bertz CT molecular complexity index is 424. The van der Waals surface area contributed by atoms with E-state index in [9.17, 15) is 0 Å². The van der Waals surface area contributed by atoms with Gasteiger partial charge in [0.05, 0.1) is 6.04 Å². The summed E-state index contributed by atoms with van der Waals surface area (Å²) >= 11 is 0. The fraction of sp³-hybridized carbons (Fsp3) is 0.417. The van der Waals surface area contributed by atoms with E-state index in [1.807, 2.05) is 24.3 Å². The van der Waals surface area contributed by atoms with Gasteiger partial charge in [0.1, 0.15) is 5.52 Å². The van der Waals surface area contributed by atoms with E-state index in [1.165, 1.54) is 12.8 Å². The molecule has 0 amide bonds. The van der Waals surface area contributed by atoms with Crippen molar-refractivity contribution >= 4 is 11.1 Å². The molecular weight excluding hydrogens is 188 g/mol. The number of oxazole rings is 1. The topological polar surface area (TPSA) is 38.1 Å². The molecule has 78 valence electrons. The Hall–Kier alpha value is -1.35. The number of fused-ring (bicyclic) bond motifs is 1. The zero-order valence-electron chi connectivity index (χ0n) is 8.57. The third-order valence-corrected chi connectivity index (χ3v) is 2.92. The van der Waals surface area contributed by atoms with Crippen LogP contribution in [0.2, 0.25) is 0 Å². The first-order chi connectivity index (χ1) is 7.43. The number of para-hydroxylation sites is 2. The second-order valence-electron chi connectivity index (χ2n) is 4.02. The molecule has 0 aliphatic carbocycles. The lowest BCUT2D eigenvalue weighted by molar-refractivity contribution is 0.347. The number of rotatable bonds is 1. The third-order valence-electron chi connectivity index (χ3n) is 2.92. The monoisotopic (exact) mass is 202 g/mol. The number of piperidine rings is 1. The molecule has 3 nitrogen and oxygen atoms in total. The molecule has 15 heavy (non-hydrogen) atoms. The van der Waals surface area contributed by atoms with Crippen molar-refractivity contribution in [1.82, 2.24) is 10.3 Å². The van der Waals surface area contributed by atoms with Crippen molar-refractivity contribution in [2.75, 3.05) is 6.54 Å². The molecule has 1 atom stereocenters. The lowest BCUT2D eigenvalue weighted by atomic mass is 10.1. The van der Waals surface area contributed by atoms with Gasteiger partial charge >= 0.3 is 0 Å². The molecule has 0 bridgehead atoms. The first kappa shape index (κ1) is 8.92. The van der Waals surface area contributed by atoms with Crippen molar-refractivity contribution in [2.24, 2.45) is 0 Å². The Morgan fingerprint density at radius 2 is 2.20 bits per heavy atom. The van der Waals surface area contributed by atoms with E-state index in [2.05, 4.69) is 10.3 Å². The van der Waals surface area contributed by atoms with E-state index in [-0.39, 0.29) is 0 Å². The molecule has 1 aromatic heterocycles. The summed E-state index contributed by atoms with van der Waals surface area (Å²) in [6.45, 7) is 1.07. The predicted octanol–water partition coefficient (Wildman–Crippen LogP) is 2.64. The van der Waals surface area contributed by atoms with Gasteiger partial charge in [0.25, 0.3) is 0 Å². The SMILES string of the molecule is c1ccc2oc([C@H]3CCCCN3)nc2c1. The van der Waals surface area contributed by atoms with Gasteiger partial charge in [0.2, 0.25) is 5.89 Å². The summed E-state index contributed by atoms with van der Waals surface area (Å²) in [4.78, 5) is 4.51. The first-order valence-corrected chi connectivity index (χ1v) is 5.52. The van der Waals surface area contributed by atoms with Crippen molar-refractivity contribution in [3.63, 3.8) is 0 Å². The largest absolute Gasteiger partial charge is 0.439 e. The van der Waals surface area contributed by atoms with Crippen LogP contribution in [-0.2, 0) is 0 Å². The van der Waals surface area contributed by atoms with Crippen molar-refractivity contribution in [2.45, 2.75) is 25.3 Å². The molecule has 0 unspecified atom stereocenters.